The first-order chi connectivity index (χ1) is 10.5. The van der Waals surface area contributed by atoms with Gasteiger partial charge in [0.05, 0.1) is 5.02 Å². The van der Waals surface area contributed by atoms with Crippen LogP contribution in [-0.2, 0) is 6.54 Å². The normalized spacial score (nSPS) is 10.9. The van der Waals surface area contributed by atoms with Crippen LogP contribution in [0.25, 0.3) is 10.1 Å². The molecule has 0 fully saturated rings. The summed E-state index contributed by atoms with van der Waals surface area (Å²) < 4.78 is 13.9. The molecule has 1 heterocycles. The number of amides is 1. The largest absolute Gasteiger partial charge is 0.347 e. The predicted octanol–water partition coefficient (Wildman–Crippen LogP) is 4.93. The van der Waals surface area contributed by atoms with Crippen molar-refractivity contribution in [2.45, 2.75) is 13.5 Å². The zero-order valence-electron chi connectivity index (χ0n) is 11.8. The molecule has 1 amide bonds. The zero-order chi connectivity index (χ0) is 15.7. The number of fused-ring (bicyclic) bond motifs is 1. The number of rotatable bonds is 3. The third-order valence-corrected chi connectivity index (χ3v) is 4.99. The quantitative estimate of drug-likeness (QED) is 0.723. The highest BCUT2D eigenvalue weighted by Gasteiger charge is 2.17. The van der Waals surface area contributed by atoms with Crippen molar-refractivity contribution in [2.24, 2.45) is 0 Å². The fraction of sp³-hybridized carbons (Fsp3) is 0.118. The molecule has 0 saturated heterocycles. The molecule has 2 aromatic carbocycles. The van der Waals surface area contributed by atoms with Crippen LogP contribution in [0.15, 0.2) is 42.5 Å². The molecule has 0 aliphatic carbocycles. The van der Waals surface area contributed by atoms with E-state index < -0.39 is 0 Å². The number of thiophene rings is 1. The third-order valence-electron chi connectivity index (χ3n) is 3.33. The molecule has 0 spiro atoms. The first-order valence-electron chi connectivity index (χ1n) is 6.76. The smallest absolute Gasteiger partial charge is 0.263 e. The summed E-state index contributed by atoms with van der Waals surface area (Å²) in [5, 5.41) is 3.93. The van der Waals surface area contributed by atoms with Gasteiger partial charge < -0.3 is 5.32 Å². The second kappa shape index (κ2) is 6.07. The van der Waals surface area contributed by atoms with Gasteiger partial charge in [-0.1, -0.05) is 41.4 Å². The van der Waals surface area contributed by atoms with Gasteiger partial charge in [0.25, 0.3) is 5.91 Å². The number of hydrogen-bond donors (Lipinski definition) is 1. The maximum absolute atomic E-state index is 13.2. The number of nitrogens with one attached hydrogen (secondary N) is 1. The molecule has 1 aromatic heterocycles. The van der Waals surface area contributed by atoms with Crippen LogP contribution in [0.4, 0.5) is 4.39 Å². The van der Waals surface area contributed by atoms with Gasteiger partial charge in [-0.3, -0.25) is 4.79 Å². The molecular weight excluding hydrogens is 321 g/mol. The van der Waals surface area contributed by atoms with Gasteiger partial charge in [-0.2, -0.15) is 0 Å². The van der Waals surface area contributed by atoms with E-state index in [1.165, 1.54) is 23.5 Å². The average Bonchev–Trinajstić information content (AvgIpc) is 2.81. The molecule has 5 heteroatoms. The molecule has 0 bridgehead atoms. The van der Waals surface area contributed by atoms with Crippen LogP contribution >= 0.6 is 22.9 Å². The number of halogens is 2. The molecular formula is C17H13ClFNOS. The molecule has 3 rings (SSSR count). The molecule has 0 saturated carbocycles. The van der Waals surface area contributed by atoms with Gasteiger partial charge >= 0.3 is 0 Å². The second-order valence-corrected chi connectivity index (χ2v) is 6.49. The van der Waals surface area contributed by atoms with E-state index in [0.717, 1.165) is 11.1 Å². The Morgan fingerprint density at radius 2 is 2.09 bits per heavy atom. The lowest BCUT2D eigenvalue weighted by Gasteiger charge is -2.05. The van der Waals surface area contributed by atoms with Crippen LogP contribution in [0.2, 0.25) is 5.02 Å². The Kier molecular flexibility index (Phi) is 4.14. The van der Waals surface area contributed by atoms with Crippen molar-refractivity contribution >= 4 is 38.9 Å². The number of hydrogen-bond acceptors (Lipinski definition) is 2. The van der Waals surface area contributed by atoms with Gasteiger partial charge in [-0.25, -0.2) is 4.39 Å². The standard InChI is InChI=1S/C17H13ClFNOS/c1-10-3-2-4-11(7-10)9-20-17(21)16-15(18)13-6-5-12(19)8-14(13)22-16/h2-8H,9H2,1H3,(H,20,21). The van der Waals surface area contributed by atoms with E-state index in [-0.39, 0.29) is 11.7 Å². The lowest BCUT2D eigenvalue weighted by molar-refractivity contribution is 0.0955. The first-order valence-corrected chi connectivity index (χ1v) is 7.95. The lowest BCUT2D eigenvalue weighted by atomic mass is 10.1. The summed E-state index contributed by atoms with van der Waals surface area (Å²) in [5.74, 6) is -0.578. The summed E-state index contributed by atoms with van der Waals surface area (Å²) in [7, 11) is 0. The Balaban J connectivity index is 1.81. The number of benzene rings is 2. The Hall–Kier alpha value is -1.91. The van der Waals surface area contributed by atoms with Crippen molar-refractivity contribution in [3.63, 3.8) is 0 Å². The molecule has 22 heavy (non-hydrogen) atoms. The summed E-state index contributed by atoms with van der Waals surface area (Å²) in [4.78, 5) is 12.7. The molecule has 0 unspecified atom stereocenters. The van der Waals surface area contributed by atoms with E-state index in [4.69, 9.17) is 11.6 Å². The maximum atomic E-state index is 13.2. The number of carbonyl (C=O) groups excluding carboxylic acids is 1. The average molecular weight is 334 g/mol. The molecule has 0 radical (unpaired) electrons. The van der Waals surface area contributed by atoms with Gasteiger partial charge in [0.1, 0.15) is 10.7 Å². The highest BCUT2D eigenvalue weighted by Crippen LogP contribution is 2.35. The summed E-state index contributed by atoms with van der Waals surface area (Å²) in [6, 6.07) is 12.3. The molecule has 2 nitrogen and oxygen atoms in total. The second-order valence-electron chi connectivity index (χ2n) is 5.06. The van der Waals surface area contributed by atoms with Crippen molar-refractivity contribution in [1.82, 2.24) is 5.32 Å². The molecule has 0 atom stereocenters. The Labute approximate surface area is 136 Å². The number of aryl methyl sites for hydroxylation is 1. The predicted molar refractivity (Wildman–Crippen MR) is 89.1 cm³/mol. The Bertz CT molecular complexity index is 859. The van der Waals surface area contributed by atoms with Crippen molar-refractivity contribution < 1.29 is 9.18 Å². The Morgan fingerprint density at radius 3 is 2.86 bits per heavy atom. The van der Waals surface area contributed by atoms with Gasteiger partial charge in [0.15, 0.2) is 0 Å². The molecule has 0 aliphatic heterocycles. The van der Waals surface area contributed by atoms with Crippen LogP contribution in [0.3, 0.4) is 0 Å². The van der Waals surface area contributed by atoms with E-state index in [0.29, 0.717) is 26.5 Å². The maximum Gasteiger partial charge on any atom is 0.263 e. The highest BCUT2D eigenvalue weighted by atomic mass is 35.5. The monoisotopic (exact) mass is 333 g/mol. The molecule has 3 aromatic rings. The van der Waals surface area contributed by atoms with E-state index in [1.807, 2.05) is 31.2 Å². The van der Waals surface area contributed by atoms with Gasteiger partial charge in [-0.05, 0) is 30.7 Å². The van der Waals surface area contributed by atoms with Crippen LogP contribution < -0.4 is 5.32 Å². The zero-order valence-corrected chi connectivity index (χ0v) is 13.4. The number of carbonyl (C=O) groups is 1. The lowest BCUT2D eigenvalue weighted by Crippen LogP contribution is -2.22. The summed E-state index contributed by atoms with van der Waals surface area (Å²) in [6.45, 7) is 2.43. The van der Waals surface area contributed by atoms with Crippen LogP contribution in [0, 0.1) is 12.7 Å². The van der Waals surface area contributed by atoms with Crippen molar-refractivity contribution in [3.05, 3.63) is 69.3 Å². The summed E-state index contributed by atoms with van der Waals surface area (Å²) in [6.07, 6.45) is 0. The summed E-state index contributed by atoms with van der Waals surface area (Å²) >= 11 is 7.44. The first kappa shape index (κ1) is 15.0. The van der Waals surface area contributed by atoms with Crippen LogP contribution in [0.5, 0.6) is 0 Å². The fourth-order valence-corrected chi connectivity index (χ4v) is 3.73. The minimum Gasteiger partial charge on any atom is -0.347 e. The fourth-order valence-electron chi connectivity index (χ4n) is 2.27. The van der Waals surface area contributed by atoms with Gasteiger partial charge in [0, 0.05) is 16.6 Å². The Morgan fingerprint density at radius 1 is 1.27 bits per heavy atom. The SMILES string of the molecule is Cc1cccc(CNC(=O)c2sc3cc(F)ccc3c2Cl)c1. The minimum atomic E-state index is -0.336. The van der Waals surface area contributed by atoms with E-state index in [1.54, 1.807) is 6.07 Å². The van der Waals surface area contributed by atoms with E-state index in [9.17, 15) is 9.18 Å². The van der Waals surface area contributed by atoms with E-state index >= 15 is 0 Å². The molecule has 1 N–H and O–H groups in total. The van der Waals surface area contributed by atoms with Crippen molar-refractivity contribution in [3.8, 4) is 0 Å². The van der Waals surface area contributed by atoms with Crippen molar-refractivity contribution in [1.29, 1.82) is 0 Å². The highest BCUT2D eigenvalue weighted by molar-refractivity contribution is 7.21. The topological polar surface area (TPSA) is 29.1 Å². The minimum absolute atomic E-state index is 0.242. The van der Waals surface area contributed by atoms with E-state index in [2.05, 4.69) is 5.32 Å². The van der Waals surface area contributed by atoms with Crippen LogP contribution in [0.1, 0.15) is 20.8 Å². The summed E-state index contributed by atoms with van der Waals surface area (Å²) in [5.41, 5.74) is 2.17. The molecule has 0 aliphatic rings. The van der Waals surface area contributed by atoms with Crippen molar-refractivity contribution in [2.75, 3.05) is 0 Å². The van der Waals surface area contributed by atoms with Gasteiger partial charge in [0.2, 0.25) is 0 Å². The molecule has 112 valence electrons. The van der Waals surface area contributed by atoms with Crippen LogP contribution in [-0.4, -0.2) is 5.91 Å². The van der Waals surface area contributed by atoms with Gasteiger partial charge in [-0.15, -0.1) is 11.3 Å². The third kappa shape index (κ3) is 2.98.